The van der Waals surface area contributed by atoms with Crippen molar-refractivity contribution in [3.05, 3.63) is 24.0 Å². The van der Waals surface area contributed by atoms with Crippen LogP contribution in [0.2, 0.25) is 0 Å². The quantitative estimate of drug-likeness (QED) is 0.809. The minimum atomic E-state index is -4.17. The van der Waals surface area contributed by atoms with Gasteiger partial charge < -0.3 is 10.1 Å². The van der Waals surface area contributed by atoms with Gasteiger partial charge in [0.25, 0.3) is 15.0 Å². The maximum absolute atomic E-state index is 13.1. The molecule has 118 valence electrons. The number of carbonyl (C=O) groups excluding carboxylic acids is 1. The zero-order chi connectivity index (χ0) is 16.3. The summed E-state index contributed by atoms with van der Waals surface area (Å²) >= 11 is 0. The van der Waals surface area contributed by atoms with Crippen LogP contribution in [0.15, 0.2) is 23.1 Å². The first kappa shape index (κ1) is 17.7. The molecule has 0 aliphatic rings. The van der Waals surface area contributed by atoms with Gasteiger partial charge in [0.2, 0.25) is 0 Å². The molecule has 0 saturated heterocycles. The molecule has 0 spiro atoms. The van der Waals surface area contributed by atoms with E-state index in [4.69, 9.17) is 15.4 Å². The Hall–Kier alpha value is -1.34. The van der Waals surface area contributed by atoms with Gasteiger partial charge in [-0.05, 0) is 38.5 Å². The highest BCUT2D eigenvalue weighted by molar-refractivity contribution is 8.13. The van der Waals surface area contributed by atoms with Crippen molar-refractivity contribution in [1.82, 2.24) is 5.32 Å². The Labute approximate surface area is 127 Å². The lowest BCUT2D eigenvalue weighted by Gasteiger charge is -2.24. The number of hydrogen-bond acceptors (Lipinski definition) is 4. The predicted octanol–water partition coefficient (Wildman–Crippen LogP) is 2.44. The number of rotatable bonds is 6. The molecule has 5 nitrogen and oxygen atoms in total. The van der Waals surface area contributed by atoms with E-state index in [-0.39, 0.29) is 5.75 Å². The summed E-state index contributed by atoms with van der Waals surface area (Å²) in [6, 6.07) is 2.88. The summed E-state index contributed by atoms with van der Waals surface area (Å²) in [4.78, 5) is 11.2. The lowest BCUT2D eigenvalue weighted by Crippen LogP contribution is -2.44. The van der Waals surface area contributed by atoms with E-state index >= 15 is 0 Å². The van der Waals surface area contributed by atoms with E-state index in [1.54, 1.807) is 0 Å². The molecule has 0 fully saturated rings. The van der Waals surface area contributed by atoms with Gasteiger partial charge in [0.15, 0.2) is 6.61 Å². The van der Waals surface area contributed by atoms with Gasteiger partial charge in [0, 0.05) is 16.2 Å². The Morgan fingerprint density at radius 1 is 1.43 bits per heavy atom. The van der Waals surface area contributed by atoms with Crippen molar-refractivity contribution in [2.24, 2.45) is 0 Å². The highest BCUT2D eigenvalue weighted by Gasteiger charge is 2.21. The Morgan fingerprint density at radius 3 is 2.57 bits per heavy atom. The summed E-state index contributed by atoms with van der Waals surface area (Å²) in [5.41, 5.74) is -0.398. The first-order valence-corrected chi connectivity index (χ1v) is 8.54. The molecule has 0 aliphatic heterocycles. The van der Waals surface area contributed by atoms with Crippen LogP contribution in [-0.4, -0.2) is 26.5 Å². The maximum Gasteiger partial charge on any atom is 0.265 e. The molecule has 0 radical (unpaired) electrons. The lowest BCUT2D eigenvalue weighted by atomic mass is 10.0. The Morgan fingerprint density at radius 2 is 2.05 bits per heavy atom. The number of ether oxygens (including phenoxy) is 1. The van der Waals surface area contributed by atoms with Gasteiger partial charge in [-0.25, -0.2) is 12.8 Å². The lowest BCUT2D eigenvalue weighted by molar-refractivity contribution is -0.124. The van der Waals surface area contributed by atoms with Gasteiger partial charge in [0.05, 0.1) is 0 Å². The molecule has 0 unspecified atom stereocenters. The molecule has 1 aromatic carbocycles. The van der Waals surface area contributed by atoms with Crippen LogP contribution < -0.4 is 10.1 Å². The van der Waals surface area contributed by atoms with Gasteiger partial charge in [0.1, 0.15) is 16.5 Å². The van der Waals surface area contributed by atoms with Crippen LogP contribution in [0.1, 0.15) is 27.2 Å². The largest absolute Gasteiger partial charge is 0.482 e. The van der Waals surface area contributed by atoms with Crippen molar-refractivity contribution in [1.29, 1.82) is 0 Å². The molecule has 0 aliphatic carbocycles. The second kappa shape index (κ2) is 6.62. The van der Waals surface area contributed by atoms with E-state index in [1.165, 1.54) is 0 Å². The van der Waals surface area contributed by atoms with Crippen LogP contribution in [0.25, 0.3) is 0 Å². The normalized spacial score (nSPS) is 12.0. The van der Waals surface area contributed by atoms with Crippen molar-refractivity contribution in [2.75, 3.05) is 6.61 Å². The summed E-state index contributed by atoms with van der Waals surface area (Å²) in [6.45, 7) is 5.21. The predicted molar refractivity (Wildman–Crippen MR) is 77.4 cm³/mol. The van der Waals surface area contributed by atoms with Crippen molar-refractivity contribution in [3.8, 4) is 5.75 Å². The number of nitrogens with one attached hydrogen (secondary N) is 1. The summed E-state index contributed by atoms with van der Waals surface area (Å²) < 4.78 is 40.9. The maximum atomic E-state index is 13.1. The van der Waals surface area contributed by atoms with E-state index in [1.807, 2.05) is 20.8 Å². The van der Waals surface area contributed by atoms with Crippen molar-refractivity contribution in [2.45, 2.75) is 37.6 Å². The molecular weight excluding hydrogens is 321 g/mol. The zero-order valence-electron chi connectivity index (χ0n) is 11.9. The molecule has 0 aromatic heterocycles. The van der Waals surface area contributed by atoms with E-state index in [9.17, 15) is 17.6 Å². The molecule has 0 saturated carbocycles. The fraction of sp³-hybridized carbons (Fsp3) is 0.462. The molecule has 1 N–H and O–H groups in total. The Bertz CT molecular complexity index is 631. The van der Waals surface area contributed by atoms with E-state index in [0.717, 1.165) is 24.6 Å². The SMILES string of the molecule is CCC(C)(C)NC(=O)COc1ccc(F)cc1S(=O)(=O)Cl. The standard InChI is InChI=1S/C13H17ClFNO4S/c1-4-13(2,3)16-12(17)8-20-10-6-5-9(15)7-11(10)21(14,18)19/h5-7H,4,8H2,1-3H3,(H,16,17). The molecular formula is C13H17ClFNO4S. The third-order valence-corrected chi connectivity index (χ3v) is 4.23. The van der Waals surface area contributed by atoms with Crippen LogP contribution >= 0.6 is 10.7 Å². The van der Waals surface area contributed by atoms with Crippen LogP contribution in [-0.2, 0) is 13.8 Å². The third kappa shape index (κ3) is 5.51. The van der Waals surface area contributed by atoms with Crippen LogP contribution in [0.3, 0.4) is 0 Å². The van der Waals surface area contributed by atoms with Crippen LogP contribution in [0.5, 0.6) is 5.75 Å². The summed E-state index contributed by atoms with van der Waals surface area (Å²) in [6.07, 6.45) is 0.719. The fourth-order valence-corrected chi connectivity index (χ4v) is 2.42. The smallest absolute Gasteiger partial charge is 0.265 e. The average Bonchev–Trinajstić information content (AvgIpc) is 2.35. The molecule has 8 heteroatoms. The summed E-state index contributed by atoms with van der Waals surface area (Å²) in [7, 11) is 1.04. The molecule has 0 atom stereocenters. The van der Waals surface area contributed by atoms with Crippen LogP contribution in [0.4, 0.5) is 4.39 Å². The van der Waals surface area contributed by atoms with E-state index < -0.39 is 37.8 Å². The minimum Gasteiger partial charge on any atom is -0.482 e. The Kier molecular flexibility index (Phi) is 5.58. The molecule has 1 aromatic rings. The Balaban J connectivity index is 2.84. The van der Waals surface area contributed by atoms with Gasteiger partial charge >= 0.3 is 0 Å². The number of amides is 1. The number of halogens is 2. The fourth-order valence-electron chi connectivity index (χ4n) is 1.44. The summed E-state index contributed by atoms with van der Waals surface area (Å²) in [5.74, 6) is -1.35. The van der Waals surface area contributed by atoms with Crippen LogP contribution in [0, 0.1) is 5.82 Å². The molecule has 21 heavy (non-hydrogen) atoms. The molecule has 0 heterocycles. The number of carbonyl (C=O) groups is 1. The van der Waals surface area contributed by atoms with Gasteiger partial charge in [-0.2, -0.15) is 0 Å². The molecule has 0 bridgehead atoms. The molecule has 1 amide bonds. The average molecular weight is 338 g/mol. The third-order valence-electron chi connectivity index (χ3n) is 2.89. The highest BCUT2D eigenvalue weighted by atomic mass is 35.7. The van der Waals surface area contributed by atoms with Crippen molar-refractivity contribution < 1.29 is 22.3 Å². The first-order valence-electron chi connectivity index (χ1n) is 6.23. The number of hydrogen-bond donors (Lipinski definition) is 1. The number of benzene rings is 1. The van der Waals surface area contributed by atoms with Crippen molar-refractivity contribution >= 4 is 25.6 Å². The van der Waals surface area contributed by atoms with E-state index in [0.29, 0.717) is 0 Å². The van der Waals surface area contributed by atoms with E-state index in [2.05, 4.69) is 5.32 Å². The topological polar surface area (TPSA) is 72.5 Å². The first-order chi connectivity index (χ1) is 9.55. The zero-order valence-corrected chi connectivity index (χ0v) is 13.5. The second-order valence-corrected chi connectivity index (χ2v) is 7.64. The van der Waals surface area contributed by atoms with Gasteiger partial charge in [-0.3, -0.25) is 4.79 Å². The summed E-state index contributed by atoms with van der Waals surface area (Å²) in [5, 5.41) is 2.73. The highest BCUT2D eigenvalue weighted by Crippen LogP contribution is 2.27. The van der Waals surface area contributed by atoms with Gasteiger partial charge in [-0.15, -0.1) is 0 Å². The van der Waals surface area contributed by atoms with Crippen molar-refractivity contribution in [3.63, 3.8) is 0 Å². The minimum absolute atomic E-state index is 0.171. The molecule has 1 rings (SSSR count). The second-order valence-electron chi connectivity index (χ2n) is 5.10. The monoisotopic (exact) mass is 337 g/mol. The van der Waals surface area contributed by atoms with Gasteiger partial charge in [-0.1, -0.05) is 6.92 Å².